The van der Waals surface area contributed by atoms with E-state index in [1.807, 2.05) is 7.05 Å². The van der Waals surface area contributed by atoms with Crippen molar-refractivity contribution < 1.29 is 13.2 Å². The second-order valence-electron chi connectivity index (χ2n) is 5.89. The van der Waals surface area contributed by atoms with Gasteiger partial charge in [0.15, 0.2) is 5.96 Å². The van der Waals surface area contributed by atoms with Gasteiger partial charge in [0.1, 0.15) is 0 Å². The Hall–Kier alpha value is -0.860. The molecule has 0 bridgehead atoms. The van der Waals surface area contributed by atoms with Crippen molar-refractivity contribution in [2.24, 2.45) is 10.9 Å². The van der Waals surface area contributed by atoms with E-state index < -0.39 is 10.0 Å². The molecule has 0 aromatic carbocycles. The molecule has 136 valence electrons. The van der Waals surface area contributed by atoms with E-state index in [-0.39, 0.29) is 5.75 Å². The number of aliphatic imine (C=N–C) groups is 1. The van der Waals surface area contributed by atoms with Crippen LogP contribution < -0.4 is 10.0 Å². The lowest BCUT2D eigenvalue weighted by Crippen LogP contribution is -2.41. The highest BCUT2D eigenvalue weighted by Gasteiger charge is 2.15. The highest BCUT2D eigenvalue weighted by molar-refractivity contribution is 7.89. The maximum atomic E-state index is 11.3. The molecule has 0 aromatic heterocycles. The molecule has 7 nitrogen and oxygen atoms in total. The van der Waals surface area contributed by atoms with E-state index in [1.165, 1.54) is 0 Å². The van der Waals surface area contributed by atoms with Crippen LogP contribution in [0.2, 0.25) is 0 Å². The number of sulfonamides is 1. The Morgan fingerprint density at radius 2 is 2.00 bits per heavy atom. The lowest BCUT2D eigenvalue weighted by Gasteiger charge is -2.26. The zero-order valence-electron chi connectivity index (χ0n) is 14.7. The molecule has 23 heavy (non-hydrogen) atoms. The molecule has 0 aromatic rings. The summed E-state index contributed by atoms with van der Waals surface area (Å²) in [6.07, 6.45) is 4.18. The number of hydrogen-bond acceptors (Lipinski definition) is 4. The number of ether oxygens (including phenoxy) is 1. The minimum Gasteiger partial charge on any atom is -0.381 e. The lowest BCUT2D eigenvalue weighted by molar-refractivity contribution is 0.0625. The molecule has 0 aliphatic carbocycles. The van der Waals surface area contributed by atoms with Crippen molar-refractivity contribution in [1.82, 2.24) is 14.9 Å². The Labute approximate surface area is 140 Å². The average Bonchev–Trinajstić information content (AvgIpc) is 2.57. The fourth-order valence-corrected chi connectivity index (χ4v) is 3.18. The molecule has 8 heteroatoms. The van der Waals surface area contributed by atoms with Gasteiger partial charge in [0.05, 0.1) is 5.75 Å². The summed E-state index contributed by atoms with van der Waals surface area (Å²) in [5.74, 6) is 1.72. The number of guanidine groups is 1. The van der Waals surface area contributed by atoms with Gasteiger partial charge >= 0.3 is 0 Å². The maximum Gasteiger partial charge on any atom is 0.211 e. The molecule has 1 heterocycles. The molecule has 2 N–H and O–H groups in total. The largest absolute Gasteiger partial charge is 0.381 e. The molecule has 0 spiro atoms. The average molecular weight is 349 g/mol. The summed E-state index contributed by atoms with van der Waals surface area (Å²) in [7, 11) is 0.715. The molecule has 0 saturated carbocycles. The smallest absolute Gasteiger partial charge is 0.211 e. The number of hydrogen-bond donors (Lipinski definition) is 2. The predicted octanol–water partition coefficient (Wildman–Crippen LogP) is 0.640. The van der Waals surface area contributed by atoms with Crippen LogP contribution in [0.3, 0.4) is 0 Å². The third-order valence-corrected chi connectivity index (χ3v) is 5.53. The van der Waals surface area contributed by atoms with Crippen LogP contribution in [0.5, 0.6) is 0 Å². The molecular formula is C15H32N4O3S. The summed E-state index contributed by atoms with van der Waals surface area (Å²) < 4.78 is 30.6. The van der Waals surface area contributed by atoms with Crippen molar-refractivity contribution in [3.05, 3.63) is 0 Å². The summed E-state index contributed by atoms with van der Waals surface area (Å²) in [6, 6.07) is 0. The quantitative estimate of drug-likeness (QED) is 0.363. The van der Waals surface area contributed by atoms with Crippen LogP contribution in [0.15, 0.2) is 4.99 Å². The summed E-state index contributed by atoms with van der Waals surface area (Å²) in [6.45, 7) is 5.51. The van der Waals surface area contributed by atoms with Gasteiger partial charge in [-0.1, -0.05) is 0 Å². The molecule has 1 rings (SSSR count). The third kappa shape index (κ3) is 8.53. The predicted molar refractivity (Wildman–Crippen MR) is 94.2 cm³/mol. The summed E-state index contributed by atoms with van der Waals surface area (Å²) >= 11 is 0. The first-order chi connectivity index (χ1) is 11.0. The minimum atomic E-state index is -3.09. The normalized spacial score (nSPS) is 17.3. The van der Waals surface area contributed by atoms with Gasteiger partial charge in [0, 0.05) is 46.9 Å². The van der Waals surface area contributed by atoms with Crippen LogP contribution in [0, 0.1) is 5.92 Å². The highest BCUT2D eigenvalue weighted by Crippen LogP contribution is 2.18. The van der Waals surface area contributed by atoms with Gasteiger partial charge in [-0.15, -0.1) is 0 Å². The Morgan fingerprint density at radius 1 is 1.30 bits per heavy atom. The van der Waals surface area contributed by atoms with Gasteiger partial charge in [-0.3, -0.25) is 4.99 Å². The zero-order chi connectivity index (χ0) is 17.1. The fraction of sp³-hybridized carbons (Fsp3) is 0.933. The zero-order valence-corrected chi connectivity index (χ0v) is 15.5. The van der Waals surface area contributed by atoms with E-state index in [0.29, 0.717) is 13.1 Å². The first-order valence-corrected chi connectivity index (χ1v) is 10.1. The van der Waals surface area contributed by atoms with E-state index in [1.54, 1.807) is 14.0 Å². The van der Waals surface area contributed by atoms with Crippen LogP contribution in [0.4, 0.5) is 0 Å². The van der Waals surface area contributed by atoms with E-state index >= 15 is 0 Å². The summed E-state index contributed by atoms with van der Waals surface area (Å²) in [5, 5.41) is 3.28. The van der Waals surface area contributed by atoms with Crippen molar-refractivity contribution in [2.45, 2.75) is 32.6 Å². The molecule has 0 radical (unpaired) electrons. The SMILES string of the molecule is CCS(=O)(=O)NCCCNC(=NC)N(C)CCC1CCOCC1. The van der Waals surface area contributed by atoms with E-state index in [0.717, 1.165) is 57.3 Å². The van der Waals surface area contributed by atoms with Crippen molar-refractivity contribution in [2.75, 3.05) is 52.7 Å². The Bertz CT molecular complexity index is 448. The van der Waals surface area contributed by atoms with E-state index in [4.69, 9.17) is 4.74 Å². The fourth-order valence-electron chi connectivity index (χ4n) is 2.52. The van der Waals surface area contributed by atoms with Crippen LogP contribution in [0.1, 0.15) is 32.6 Å². The van der Waals surface area contributed by atoms with Crippen molar-refractivity contribution in [1.29, 1.82) is 0 Å². The second-order valence-corrected chi connectivity index (χ2v) is 7.99. The van der Waals surface area contributed by atoms with Gasteiger partial charge in [0.2, 0.25) is 10.0 Å². The third-order valence-electron chi connectivity index (χ3n) is 4.13. The highest BCUT2D eigenvalue weighted by atomic mass is 32.2. The van der Waals surface area contributed by atoms with Crippen LogP contribution in [-0.4, -0.2) is 72.0 Å². The Balaban J connectivity index is 2.19. The van der Waals surface area contributed by atoms with Gasteiger partial charge in [0.25, 0.3) is 0 Å². The summed E-state index contributed by atoms with van der Waals surface area (Å²) in [4.78, 5) is 6.41. The van der Waals surface area contributed by atoms with Crippen LogP contribution in [-0.2, 0) is 14.8 Å². The van der Waals surface area contributed by atoms with Gasteiger partial charge < -0.3 is 15.0 Å². The molecule has 1 aliphatic rings. The van der Waals surface area contributed by atoms with Gasteiger partial charge in [-0.2, -0.15) is 0 Å². The van der Waals surface area contributed by atoms with Crippen LogP contribution in [0.25, 0.3) is 0 Å². The van der Waals surface area contributed by atoms with Gasteiger partial charge in [-0.05, 0) is 38.5 Å². The van der Waals surface area contributed by atoms with Crippen molar-refractivity contribution in [3.63, 3.8) is 0 Å². The Morgan fingerprint density at radius 3 is 2.61 bits per heavy atom. The monoisotopic (exact) mass is 348 g/mol. The molecule has 1 aliphatic heterocycles. The van der Waals surface area contributed by atoms with Crippen molar-refractivity contribution >= 4 is 16.0 Å². The standard InChI is InChI=1S/C15H32N4O3S/c1-4-23(20,21)18-10-5-9-17-15(16-2)19(3)11-6-14-7-12-22-13-8-14/h14,18H,4-13H2,1-3H3,(H,16,17). The minimum absolute atomic E-state index is 0.122. The lowest BCUT2D eigenvalue weighted by atomic mass is 9.96. The van der Waals surface area contributed by atoms with E-state index in [9.17, 15) is 8.42 Å². The van der Waals surface area contributed by atoms with E-state index in [2.05, 4.69) is 19.9 Å². The summed E-state index contributed by atoms with van der Waals surface area (Å²) in [5.41, 5.74) is 0. The second kappa shape index (κ2) is 10.8. The van der Waals surface area contributed by atoms with Crippen molar-refractivity contribution in [3.8, 4) is 0 Å². The maximum absolute atomic E-state index is 11.3. The molecular weight excluding hydrogens is 316 g/mol. The Kier molecular flexibility index (Phi) is 9.50. The number of nitrogens with one attached hydrogen (secondary N) is 2. The number of rotatable bonds is 9. The number of nitrogens with zero attached hydrogens (tertiary/aromatic N) is 2. The molecule has 0 atom stereocenters. The first kappa shape index (κ1) is 20.2. The van der Waals surface area contributed by atoms with Gasteiger partial charge in [-0.25, -0.2) is 13.1 Å². The molecule has 0 amide bonds. The molecule has 1 fully saturated rings. The molecule has 1 saturated heterocycles. The molecule has 0 unspecified atom stereocenters. The first-order valence-electron chi connectivity index (χ1n) is 8.45. The topological polar surface area (TPSA) is 83.0 Å². The van der Waals surface area contributed by atoms with Crippen LogP contribution >= 0.6 is 0 Å².